The molecule has 0 spiro atoms. The first-order valence-electron chi connectivity index (χ1n) is 5.91. The van der Waals surface area contributed by atoms with Gasteiger partial charge in [0.05, 0.1) is 19.3 Å². The van der Waals surface area contributed by atoms with Crippen LogP contribution in [0.1, 0.15) is 11.6 Å². The van der Waals surface area contributed by atoms with Gasteiger partial charge in [0.15, 0.2) is 0 Å². The molecule has 6 nitrogen and oxygen atoms in total. The molecule has 19 heavy (non-hydrogen) atoms. The minimum Gasteiger partial charge on any atom is -0.383 e. The van der Waals surface area contributed by atoms with Gasteiger partial charge in [0, 0.05) is 20.7 Å². The number of rotatable bonds is 6. The van der Waals surface area contributed by atoms with E-state index in [2.05, 4.69) is 4.72 Å². The van der Waals surface area contributed by atoms with Gasteiger partial charge in [0.1, 0.15) is 5.25 Å². The molecule has 8 heteroatoms. The lowest BCUT2D eigenvalue weighted by Gasteiger charge is -2.21. The van der Waals surface area contributed by atoms with E-state index in [4.69, 9.17) is 9.57 Å². The molecule has 0 radical (unpaired) electrons. The zero-order chi connectivity index (χ0) is 13.9. The van der Waals surface area contributed by atoms with Crippen molar-refractivity contribution in [2.75, 3.05) is 33.9 Å². The highest BCUT2D eigenvalue weighted by atomic mass is 32.2. The molecule has 1 N–H and O–H groups in total. The van der Waals surface area contributed by atoms with Gasteiger partial charge in [-0.2, -0.15) is 16.4 Å². The van der Waals surface area contributed by atoms with Crippen molar-refractivity contribution in [2.45, 2.75) is 11.3 Å². The third-order valence-electron chi connectivity index (χ3n) is 3.08. The van der Waals surface area contributed by atoms with E-state index in [1.807, 2.05) is 16.8 Å². The summed E-state index contributed by atoms with van der Waals surface area (Å²) in [6, 6.07) is 1.66. The van der Waals surface area contributed by atoms with E-state index < -0.39 is 15.3 Å². The van der Waals surface area contributed by atoms with Crippen LogP contribution < -0.4 is 4.72 Å². The average molecular weight is 306 g/mol. The average Bonchev–Trinajstić information content (AvgIpc) is 2.97. The summed E-state index contributed by atoms with van der Waals surface area (Å²) < 4.78 is 32.0. The van der Waals surface area contributed by atoms with Crippen molar-refractivity contribution in [3.05, 3.63) is 22.4 Å². The lowest BCUT2D eigenvalue weighted by Crippen LogP contribution is -2.40. The summed E-state index contributed by atoms with van der Waals surface area (Å²) in [5.74, 6) is 0. The van der Waals surface area contributed by atoms with Crippen LogP contribution in [0.4, 0.5) is 0 Å². The minimum absolute atomic E-state index is 0.166. The molecule has 1 aliphatic rings. The fourth-order valence-electron chi connectivity index (χ4n) is 2.12. The van der Waals surface area contributed by atoms with Gasteiger partial charge in [-0.3, -0.25) is 4.84 Å². The molecule has 0 amide bonds. The van der Waals surface area contributed by atoms with Crippen LogP contribution in [-0.4, -0.2) is 52.6 Å². The van der Waals surface area contributed by atoms with Crippen LogP contribution in [0, 0.1) is 0 Å². The zero-order valence-electron chi connectivity index (χ0n) is 10.9. The molecule has 0 saturated carbocycles. The van der Waals surface area contributed by atoms with E-state index >= 15 is 0 Å². The summed E-state index contributed by atoms with van der Waals surface area (Å²) in [4.78, 5) is 5.38. The Morgan fingerprint density at radius 1 is 1.63 bits per heavy atom. The number of hydrogen-bond acceptors (Lipinski definition) is 6. The Morgan fingerprint density at radius 3 is 3.05 bits per heavy atom. The number of hydrogen-bond donors (Lipinski definition) is 1. The maximum Gasteiger partial charge on any atom is 0.218 e. The minimum atomic E-state index is -3.43. The first kappa shape index (κ1) is 14.9. The van der Waals surface area contributed by atoms with Crippen LogP contribution in [0.25, 0.3) is 0 Å². The largest absolute Gasteiger partial charge is 0.383 e. The lowest BCUT2D eigenvalue weighted by atomic mass is 10.1. The second-order valence-corrected chi connectivity index (χ2v) is 7.08. The third-order valence-corrected chi connectivity index (χ3v) is 5.58. The van der Waals surface area contributed by atoms with Crippen LogP contribution in [0.2, 0.25) is 0 Å². The highest BCUT2D eigenvalue weighted by molar-refractivity contribution is 7.90. The van der Waals surface area contributed by atoms with Gasteiger partial charge in [-0.05, 0) is 22.4 Å². The molecule has 2 atom stereocenters. The van der Waals surface area contributed by atoms with Crippen molar-refractivity contribution in [1.29, 1.82) is 0 Å². The normalized spacial score (nSPS) is 24.9. The van der Waals surface area contributed by atoms with Crippen molar-refractivity contribution >= 4 is 21.4 Å². The Morgan fingerprint density at radius 2 is 2.42 bits per heavy atom. The molecular weight excluding hydrogens is 288 g/mol. The number of nitrogens with one attached hydrogen (secondary N) is 1. The first-order chi connectivity index (χ1) is 9.06. The van der Waals surface area contributed by atoms with E-state index in [-0.39, 0.29) is 19.2 Å². The molecule has 1 saturated heterocycles. The maximum atomic E-state index is 12.3. The third kappa shape index (κ3) is 3.33. The van der Waals surface area contributed by atoms with Crippen LogP contribution in [0.5, 0.6) is 0 Å². The molecule has 0 bridgehead atoms. The molecule has 1 aliphatic heterocycles. The van der Waals surface area contributed by atoms with Gasteiger partial charge in [-0.25, -0.2) is 13.1 Å². The second-order valence-electron chi connectivity index (χ2n) is 4.31. The molecule has 0 aliphatic carbocycles. The van der Waals surface area contributed by atoms with Gasteiger partial charge < -0.3 is 4.74 Å². The zero-order valence-corrected chi connectivity index (χ0v) is 12.5. The van der Waals surface area contributed by atoms with Crippen LogP contribution in [0.15, 0.2) is 16.8 Å². The van der Waals surface area contributed by atoms with Crippen molar-refractivity contribution in [3.63, 3.8) is 0 Å². The van der Waals surface area contributed by atoms with Crippen LogP contribution in [-0.2, 0) is 19.6 Å². The Balaban J connectivity index is 2.14. The number of thiophene rings is 1. The smallest absolute Gasteiger partial charge is 0.218 e. The Bertz CT molecular complexity index is 489. The van der Waals surface area contributed by atoms with E-state index in [0.29, 0.717) is 6.61 Å². The molecule has 0 aromatic carbocycles. The number of ether oxygens (including phenoxy) is 1. The Hall–Kier alpha value is -0.510. The lowest BCUT2D eigenvalue weighted by molar-refractivity contribution is -0.110. The van der Waals surface area contributed by atoms with E-state index in [1.165, 1.54) is 7.11 Å². The van der Waals surface area contributed by atoms with Crippen molar-refractivity contribution in [1.82, 2.24) is 9.79 Å². The van der Waals surface area contributed by atoms with E-state index in [0.717, 1.165) is 5.56 Å². The summed E-state index contributed by atoms with van der Waals surface area (Å²) in [5, 5.41) is 4.89. The van der Waals surface area contributed by atoms with E-state index in [1.54, 1.807) is 23.4 Å². The Kier molecular flexibility index (Phi) is 4.93. The maximum absolute atomic E-state index is 12.3. The van der Waals surface area contributed by atoms with Crippen molar-refractivity contribution in [3.8, 4) is 0 Å². The number of sulfonamides is 1. The van der Waals surface area contributed by atoms with Crippen LogP contribution in [0.3, 0.4) is 0 Å². The van der Waals surface area contributed by atoms with Gasteiger partial charge in [-0.1, -0.05) is 0 Å². The number of hydroxylamine groups is 2. The summed E-state index contributed by atoms with van der Waals surface area (Å²) in [6.45, 7) is 0.792. The highest BCUT2D eigenvalue weighted by Gasteiger charge is 2.43. The molecule has 108 valence electrons. The summed E-state index contributed by atoms with van der Waals surface area (Å²) >= 11 is 1.55. The molecule has 2 rings (SSSR count). The quantitative estimate of drug-likeness (QED) is 0.780. The summed E-state index contributed by atoms with van der Waals surface area (Å²) in [7, 11) is -0.139. The molecule has 1 aromatic rings. The van der Waals surface area contributed by atoms with Gasteiger partial charge >= 0.3 is 0 Å². The number of nitrogens with zero attached hydrogens (tertiary/aromatic N) is 1. The van der Waals surface area contributed by atoms with Crippen LogP contribution >= 0.6 is 11.3 Å². The predicted molar refractivity (Wildman–Crippen MR) is 73.4 cm³/mol. The summed E-state index contributed by atoms with van der Waals surface area (Å²) in [5.41, 5.74) is 0.965. The highest BCUT2D eigenvalue weighted by Crippen LogP contribution is 2.34. The molecular formula is C11H18N2O4S2. The van der Waals surface area contributed by atoms with Crippen molar-refractivity contribution in [2.24, 2.45) is 0 Å². The van der Waals surface area contributed by atoms with Gasteiger partial charge in [-0.15, -0.1) is 0 Å². The topological polar surface area (TPSA) is 67.9 Å². The molecule has 2 heterocycles. The monoisotopic (exact) mass is 306 g/mol. The first-order valence-corrected chi connectivity index (χ1v) is 8.40. The fourth-order valence-corrected chi connectivity index (χ4v) is 4.30. The van der Waals surface area contributed by atoms with Gasteiger partial charge in [0.25, 0.3) is 0 Å². The standard InChI is InChI=1S/C11H18N2O4S2/c1-13-11(9-3-6-18-8-9)10(7-17-13)19(14,15)12-4-5-16-2/h3,6,8,10-12H,4-5,7H2,1-2H3. The van der Waals surface area contributed by atoms with Crippen molar-refractivity contribution < 1.29 is 18.0 Å². The molecule has 1 aromatic heterocycles. The molecule has 1 fully saturated rings. The van der Waals surface area contributed by atoms with Gasteiger partial charge in [0.2, 0.25) is 10.0 Å². The SMILES string of the molecule is COCCNS(=O)(=O)C1CON(C)C1c1ccsc1. The predicted octanol–water partition coefficient (Wildman–Crippen LogP) is 0.601. The van der Waals surface area contributed by atoms with E-state index in [9.17, 15) is 8.42 Å². The second kappa shape index (κ2) is 6.29. The number of methoxy groups -OCH3 is 1. The fraction of sp³-hybridized carbons (Fsp3) is 0.636. The molecule has 2 unspecified atom stereocenters. The Labute approximate surface area is 117 Å². The summed E-state index contributed by atoms with van der Waals surface area (Å²) in [6.07, 6.45) is 0.